The molecule has 2 heterocycles. The number of hydrogen-bond acceptors (Lipinski definition) is 3. The second kappa shape index (κ2) is 8.47. The molecule has 2 aliphatic rings. The van der Waals surface area contributed by atoms with Gasteiger partial charge in [-0.05, 0) is 37.1 Å². The van der Waals surface area contributed by atoms with Crippen LogP contribution < -0.4 is 10.2 Å². The minimum absolute atomic E-state index is 0.000407. The standard InChI is InChI=1S/C23H25N3O3/c27-21-15-18(16-26(21)20-9-5-2-6-10-20)23(29)25-13-11-19(12-14-25)24-22(28)17-7-3-1-4-8-17/h1-10,18-19H,11-16H2,(H,24,28). The molecule has 4 rings (SSSR count). The lowest BCUT2D eigenvalue weighted by atomic mass is 10.0. The second-order valence-corrected chi connectivity index (χ2v) is 7.68. The molecule has 0 saturated carbocycles. The third-order valence-electron chi connectivity index (χ3n) is 5.72. The van der Waals surface area contributed by atoms with E-state index < -0.39 is 0 Å². The summed E-state index contributed by atoms with van der Waals surface area (Å²) in [7, 11) is 0. The Balaban J connectivity index is 1.29. The number of likely N-dealkylation sites (tertiary alicyclic amines) is 1. The van der Waals surface area contributed by atoms with E-state index in [1.165, 1.54) is 0 Å². The van der Waals surface area contributed by atoms with Crippen molar-refractivity contribution in [2.45, 2.75) is 25.3 Å². The van der Waals surface area contributed by atoms with Gasteiger partial charge in [0.05, 0.1) is 5.92 Å². The summed E-state index contributed by atoms with van der Waals surface area (Å²) < 4.78 is 0. The summed E-state index contributed by atoms with van der Waals surface area (Å²) >= 11 is 0. The van der Waals surface area contributed by atoms with Crippen LogP contribution in [-0.2, 0) is 9.59 Å². The number of anilines is 1. The Morgan fingerprint density at radius 3 is 2.17 bits per heavy atom. The number of nitrogens with zero attached hydrogens (tertiary/aromatic N) is 2. The zero-order chi connectivity index (χ0) is 20.2. The zero-order valence-corrected chi connectivity index (χ0v) is 16.3. The summed E-state index contributed by atoms with van der Waals surface area (Å²) in [5.74, 6) is -0.322. The van der Waals surface area contributed by atoms with Crippen LogP contribution in [0.15, 0.2) is 60.7 Å². The monoisotopic (exact) mass is 391 g/mol. The molecule has 29 heavy (non-hydrogen) atoms. The molecule has 2 aliphatic heterocycles. The van der Waals surface area contributed by atoms with E-state index in [1.807, 2.05) is 53.4 Å². The van der Waals surface area contributed by atoms with Crippen molar-refractivity contribution in [2.75, 3.05) is 24.5 Å². The fraction of sp³-hybridized carbons (Fsp3) is 0.348. The highest BCUT2D eigenvalue weighted by Gasteiger charge is 2.38. The summed E-state index contributed by atoms with van der Waals surface area (Å²) in [5.41, 5.74) is 1.49. The topological polar surface area (TPSA) is 69.7 Å². The van der Waals surface area contributed by atoms with Gasteiger partial charge in [-0.2, -0.15) is 0 Å². The van der Waals surface area contributed by atoms with E-state index >= 15 is 0 Å². The Morgan fingerprint density at radius 1 is 0.897 bits per heavy atom. The lowest BCUT2D eigenvalue weighted by molar-refractivity contribution is -0.136. The van der Waals surface area contributed by atoms with E-state index in [9.17, 15) is 14.4 Å². The molecule has 2 fully saturated rings. The SMILES string of the molecule is O=C(NC1CCN(C(=O)C2CC(=O)N(c3ccccc3)C2)CC1)c1ccccc1. The van der Waals surface area contributed by atoms with Gasteiger partial charge in [0, 0.05) is 43.3 Å². The van der Waals surface area contributed by atoms with Crippen molar-refractivity contribution in [1.29, 1.82) is 0 Å². The number of carbonyl (C=O) groups excluding carboxylic acids is 3. The van der Waals surface area contributed by atoms with Crippen LogP contribution in [0.4, 0.5) is 5.69 Å². The predicted molar refractivity (Wildman–Crippen MR) is 110 cm³/mol. The quantitative estimate of drug-likeness (QED) is 0.870. The van der Waals surface area contributed by atoms with Crippen LogP contribution >= 0.6 is 0 Å². The van der Waals surface area contributed by atoms with Gasteiger partial charge in [0.1, 0.15) is 0 Å². The van der Waals surface area contributed by atoms with Gasteiger partial charge in [0.2, 0.25) is 11.8 Å². The highest BCUT2D eigenvalue weighted by Crippen LogP contribution is 2.27. The fourth-order valence-electron chi connectivity index (χ4n) is 4.09. The van der Waals surface area contributed by atoms with Gasteiger partial charge in [0.25, 0.3) is 5.91 Å². The molecule has 150 valence electrons. The van der Waals surface area contributed by atoms with Gasteiger partial charge in [-0.25, -0.2) is 0 Å². The fourth-order valence-corrected chi connectivity index (χ4v) is 4.09. The molecule has 2 aromatic rings. The van der Waals surface area contributed by atoms with Crippen molar-refractivity contribution in [2.24, 2.45) is 5.92 Å². The Bertz CT molecular complexity index is 877. The van der Waals surface area contributed by atoms with E-state index in [4.69, 9.17) is 0 Å². The molecule has 0 aromatic heterocycles. The van der Waals surface area contributed by atoms with Crippen LogP contribution in [0, 0.1) is 5.92 Å². The molecule has 6 nitrogen and oxygen atoms in total. The summed E-state index contributed by atoms with van der Waals surface area (Å²) in [6, 6.07) is 18.7. The Morgan fingerprint density at radius 2 is 1.52 bits per heavy atom. The third-order valence-corrected chi connectivity index (χ3v) is 5.72. The minimum atomic E-state index is -0.293. The molecule has 0 aliphatic carbocycles. The number of nitrogens with one attached hydrogen (secondary N) is 1. The zero-order valence-electron chi connectivity index (χ0n) is 16.3. The van der Waals surface area contributed by atoms with Gasteiger partial charge in [-0.3, -0.25) is 14.4 Å². The van der Waals surface area contributed by atoms with E-state index in [1.54, 1.807) is 17.0 Å². The molecule has 0 radical (unpaired) electrons. The van der Waals surface area contributed by atoms with Gasteiger partial charge in [-0.15, -0.1) is 0 Å². The Labute approximate surface area is 170 Å². The van der Waals surface area contributed by atoms with E-state index in [0.717, 1.165) is 18.5 Å². The van der Waals surface area contributed by atoms with Gasteiger partial charge in [-0.1, -0.05) is 36.4 Å². The Kier molecular flexibility index (Phi) is 5.60. The lowest BCUT2D eigenvalue weighted by Gasteiger charge is -2.33. The van der Waals surface area contributed by atoms with Crippen LogP contribution in [0.5, 0.6) is 0 Å². The van der Waals surface area contributed by atoms with Crippen molar-refractivity contribution in [3.63, 3.8) is 0 Å². The van der Waals surface area contributed by atoms with Crippen molar-refractivity contribution in [3.8, 4) is 0 Å². The number of piperidine rings is 1. The number of benzene rings is 2. The average molecular weight is 391 g/mol. The first-order valence-corrected chi connectivity index (χ1v) is 10.1. The molecule has 6 heteroatoms. The van der Waals surface area contributed by atoms with Crippen LogP contribution in [-0.4, -0.2) is 48.3 Å². The number of rotatable bonds is 4. The maximum absolute atomic E-state index is 12.9. The minimum Gasteiger partial charge on any atom is -0.349 e. The molecule has 1 N–H and O–H groups in total. The first-order valence-electron chi connectivity index (χ1n) is 10.1. The summed E-state index contributed by atoms with van der Waals surface area (Å²) in [6.45, 7) is 1.65. The maximum Gasteiger partial charge on any atom is 0.251 e. The Hall–Kier alpha value is -3.15. The van der Waals surface area contributed by atoms with E-state index in [2.05, 4.69) is 5.32 Å². The van der Waals surface area contributed by atoms with Gasteiger partial charge < -0.3 is 15.1 Å². The van der Waals surface area contributed by atoms with Crippen molar-refractivity contribution < 1.29 is 14.4 Å². The lowest BCUT2D eigenvalue weighted by Crippen LogP contribution is -2.48. The molecular formula is C23H25N3O3. The third kappa shape index (κ3) is 4.31. The predicted octanol–water partition coefficient (Wildman–Crippen LogP) is 2.46. The molecule has 0 spiro atoms. The second-order valence-electron chi connectivity index (χ2n) is 7.68. The molecule has 1 unspecified atom stereocenters. The smallest absolute Gasteiger partial charge is 0.251 e. The summed E-state index contributed by atoms with van der Waals surface area (Å²) in [4.78, 5) is 41.2. The van der Waals surface area contributed by atoms with E-state index in [-0.39, 0.29) is 36.1 Å². The average Bonchev–Trinajstić information content (AvgIpc) is 3.16. The molecular weight excluding hydrogens is 366 g/mol. The summed E-state index contributed by atoms with van der Waals surface area (Å²) in [5, 5.41) is 3.06. The van der Waals surface area contributed by atoms with Crippen molar-refractivity contribution in [1.82, 2.24) is 10.2 Å². The number of amides is 3. The van der Waals surface area contributed by atoms with Crippen LogP contribution in [0.1, 0.15) is 29.6 Å². The van der Waals surface area contributed by atoms with Gasteiger partial charge >= 0.3 is 0 Å². The number of hydrogen-bond donors (Lipinski definition) is 1. The van der Waals surface area contributed by atoms with Crippen molar-refractivity contribution >= 4 is 23.4 Å². The first kappa shape index (κ1) is 19.2. The highest BCUT2D eigenvalue weighted by molar-refractivity contribution is 6.00. The van der Waals surface area contributed by atoms with E-state index in [0.29, 0.717) is 25.2 Å². The summed E-state index contributed by atoms with van der Waals surface area (Å²) in [6.07, 6.45) is 1.72. The van der Waals surface area contributed by atoms with Crippen LogP contribution in [0.25, 0.3) is 0 Å². The largest absolute Gasteiger partial charge is 0.349 e. The van der Waals surface area contributed by atoms with Gasteiger partial charge in [0.15, 0.2) is 0 Å². The molecule has 2 saturated heterocycles. The molecule has 2 aromatic carbocycles. The normalized spacial score (nSPS) is 20.0. The van der Waals surface area contributed by atoms with Crippen LogP contribution in [0.3, 0.4) is 0 Å². The van der Waals surface area contributed by atoms with Crippen molar-refractivity contribution in [3.05, 3.63) is 66.2 Å². The number of carbonyl (C=O) groups is 3. The van der Waals surface area contributed by atoms with Crippen LogP contribution in [0.2, 0.25) is 0 Å². The molecule has 3 amide bonds. The molecule has 1 atom stereocenters. The highest BCUT2D eigenvalue weighted by atomic mass is 16.2. The molecule has 0 bridgehead atoms. The maximum atomic E-state index is 12.9. The first-order chi connectivity index (χ1) is 14.1. The number of para-hydroxylation sites is 1.